The van der Waals surface area contributed by atoms with Crippen LogP contribution in [0.25, 0.3) is 0 Å². The second-order valence-corrected chi connectivity index (χ2v) is 6.20. The summed E-state index contributed by atoms with van der Waals surface area (Å²) in [5, 5.41) is 5.62. The maximum Gasteiger partial charge on any atom is 0.317 e. The zero-order chi connectivity index (χ0) is 16.8. The molecule has 6 heteroatoms. The highest BCUT2D eigenvalue weighted by molar-refractivity contribution is 5.80. The molecule has 5 nitrogen and oxygen atoms in total. The van der Waals surface area contributed by atoms with Gasteiger partial charge in [0.2, 0.25) is 5.91 Å². The van der Waals surface area contributed by atoms with Crippen LogP contribution in [0.3, 0.4) is 0 Å². The lowest BCUT2D eigenvalue weighted by Gasteiger charge is -2.32. The second-order valence-electron chi connectivity index (χ2n) is 6.20. The van der Waals surface area contributed by atoms with Crippen LogP contribution in [0.2, 0.25) is 0 Å². The molecule has 126 valence electrons. The minimum Gasteiger partial charge on any atom is -0.352 e. The normalized spacial score (nSPS) is 17.9. The Kier molecular flexibility index (Phi) is 5.96. The predicted molar refractivity (Wildman–Crippen MR) is 86.2 cm³/mol. The number of piperidine rings is 1. The van der Waals surface area contributed by atoms with E-state index in [9.17, 15) is 14.0 Å². The summed E-state index contributed by atoms with van der Waals surface area (Å²) < 4.78 is 13.6. The average Bonchev–Trinajstić information content (AvgIpc) is 2.53. The summed E-state index contributed by atoms with van der Waals surface area (Å²) in [5.41, 5.74) is 0.464. The fraction of sp³-hybridized carbons (Fsp3) is 0.529. The Hall–Kier alpha value is -2.11. The highest BCUT2D eigenvalue weighted by atomic mass is 19.1. The van der Waals surface area contributed by atoms with Crippen molar-refractivity contribution in [2.75, 3.05) is 13.1 Å². The van der Waals surface area contributed by atoms with E-state index in [1.165, 1.54) is 6.07 Å². The molecule has 23 heavy (non-hydrogen) atoms. The molecule has 1 atom stereocenters. The van der Waals surface area contributed by atoms with Gasteiger partial charge in [-0.2, -0.15) is 0 Å². The van der Waals surface area contributed by atoms with E-state index in [0.29, 0.717) is 18.7 Å². The monoisotopic (exact) mass is 321 g/mol. The number of likely N-dealkylation sites (tertiary alicyclic amines) is 1. The maximum atomic E-state index is 13.6. The first-order chi connectivity index (χ1) is 11.0. The maximum absolute atomic E-state index is 13.6. The zero-order valence-electron chi connectivity index (χ0n) is 13.6. The number of rotatable bonds is 4. The summed E-state index contributed by atoms with van der Waals surface area (Å²) >= 11 is 0. The Bertz CT molecular complexity index is 563. The van der Waals surface area contributed by atoms with Crippen LogP contribution >= 0.6 is 0 Å². The quantitative estimate of drug-likeness (QED) is 0.894. The van der Waals surface area contributed by atoms with Crippen molar-refractivity contribution in [2.24, 2.45) is 5.92 Å². The average molecular weight is 321 g/mol. The van der Waals surface area contributed by atoms with Crippen molar-refractivity contribution in [3.63, 3.8) is 0 Å². The Morgan fingerprint density at radius 1 is 1.35 bits per heavy atom. The van der Waals surface area contributed by atoms with Crippen LogP contribution in [0.5, 0.6) is 0 Å². The van der Waals surface area contributed by atoms with Crippen LogP contribution in [0, 0.1) is 11.7 Å². The first kappa shape index (κ1) is 17.2. The number of carbonyl (C=O) groups excluding carboxylic acids is 2. The van der Waals surface area contributed by atoms with Crippen LogP contribution < -0.4 is 10.6 Å². The van der Waals surface area contributed by atoms with Crippen LogP contribution in [-0.4, -0.2) is 36.0 Å². The van der Waals surface area contributed by atoms with E-state index >= 15 is 0 Å². The number of carbonyl (C=O) groups is 2. The molecule has 0 radical (unpaired) electrons. The van der Waals surface area contributed by atoms with E-state index in [1.807, 2.05) is 13.8 Å². The number of amides is 3. The Morgan fingerprint density at radius 3 is 2.78 bits per heavy atom. The number of urea groups is 1. The van der Waals surface area contributed by atoms with Gasteiger partial charge in [-0.1, -0.05) is 18.2 Å². The van der Waals surface area contributed by atoms with Gasteiger partial charge in [0.25, 0.3) is 0 Å². The summed E-state index contributed by atoms with van der Waals surface area (Å²) in [4.78, 5) is 26.0. The summed E-state index contributed by atoms with van der Waals surface area (Å²) in [6.45, 7) is 5.04. The number of halogens is 1. The first-order valence-corrected chi connectivity index (χ1v) is 8.04. The van der Waals surface area contributed by atoms with Gasteiger partial charge >= 0.3 is 6.03 Å². The molecule has 0 unspecified atom stereocenters. The van der Waals surface area contributed by atoms with Gasteiger partial charge in [0, 0.05) is 31.2 Å². The largest absolute Gasteiger partial charge is 0.352 e. The molecule has 0 spiro atoms. The predicted octanol–water partition coefficient (Wildman–Crippen LogP) is 2.27. The molecule has 2 N–H and O–H groups in total. The fourth-order valence-electron chi connectivity index (χ4n) is 2.68. The topological polar surface area (TPSA) is 61.4 Å². The molecule has 0 bridgehead atoms. The van der Waals surface area contributed by atoms with Crippen molar-refractivity contribution in [3.8, 4) is 0 Å². The zero-order valence-corrected chi connectivity index (χ0v) is 13.6. The van der Waals surface area contributed by atoms with Gasteiger partial charge in [-0.15, -0.1) is 0 Å². The van der Waals surface area contributed by atoms with E-state index < -0.39 is 0 Å². The molecule has 1 aliphatic rings. The van der Waals surface area contributed by atoms with Gasteiger partial charge in [-0.25, -0.2) is 9.18 Å². The highest BCUT2D eigenvalue weighted by Gasteiger charge is 2.28. The summed E-state index contributed by atoms with van der Waals surface area (Å²) in [5.74, 6) is -0.696. The van der Waals surface area contributed by atoms with Crippen LogP contribution in [0.4, 0.5) is 9.18 Å². The van der Waals surface area contributed by atoms with Gasteiger partial charge in [-0.05, 0) is 32.8 Å². The lowest BCUT2D eigenvalue weighted by atomic mass is 9.97. The van der Waals surface area contributed by atoms with E-state index in [-0.39, 0.29) is 36.3 Å². The van der Waals surface area contributed by atoms with Gasteiger partial charge in [0.15, 0.2) is 0 Å². The van der Waals surface area contributed by atoms with Crippen molar-refractivity contribution in [3.05, 3.63) is 35.6 Å². The summed E-state index contributed by atoms with van der Waals surface area (Å²) in [6.07, 6.45) is 1.54. The van der Waals surface area contributed by atoms with E-state index in [4.69, 9.17) is 0 Å². The molecule has 1 saturated heterocycles. The van der Waals surface area contributed by atoms with Crippen molar-refractivity contribution < 1.29 is 14.0 Å². The van der Waals surface area contributed by atoms with Gasteiger partial charge in [0.1, 0.15) is 5.82 Å². The van der Waals surface area contributed by atoms with Crippen molar-refractivity contribution in [2.45, 2.75) is 39.3 Å². The second kappa shape index (κ2) is 7.94. The lowest BCUT2D eigenvalue weighted by Crippen LogP contribution is -2.50. The molecule has 0 saturated carbocycles. The van der Waals surface area contributed by atoms with E-state index in [2.05, 4.69) is 10.6 Å². The number of nitrogens with zero attached hydrogens (tertiary/aromatic N) is 1. The molecule has 1 fully saturated rings. The molecule has 1 aliphatic heterocycles. The molecule has 3 amide bonds. The third-order valence-corrected chi connectivity index (χ3v) is 3.90. The van der Waals surface area contributed by atoms with Crippen LogP contribution in [0.1, 0.15) is 32.3 Å². The Labute approximate surface area is 136 Å². The third kappa shape index (κ3) is 4.94. The number of hydrogen-bond donors (Lipinski definition) is 2. The molecule has 2 rings (SSSR count). The molecule has 1 aromatic rings. The number of benzene rings is 1. The molecule has 1 heterocycles. The smallest absolute Gasteiger partial charge is 0.317 e. The SMILES string of the molecule is CC(C)NC(=O)N1CCC[C@@H](C(=O)NCc2ccccc2F)C1. The van der Waals surface area contributed by atoms with Gasteiger partial charge in [-0.3, -0.25) is 4.79 Å². The van der Waals surface area contributed by atoms with Crippen LogP contribution in [-0.2, 0) is 11.3 Å². The van der Waals surface area contributed by atoms with Gasteiger partial charge < -0.3 is 15.5 Å². The number of nitrogens with one attached hydrogen (secondary N) is 2. The molecule has 0 aliphatic carbocycles. The standard InChI is InChI=1S/C17H24FN3O2/c1-12(2)20-17(23)21-9-5-7-14(11-21)16(22)19-10-13-6-3-4-8-15(13)18/h3-4,6,8,12,14H,5,7,9-11H2,1-2H3,(H,19,22)(H,20,23)/t14-/m1/s1. The van der Waals surface area contributed by atoms with E-state index in [0.717, 1.165) is 12.8 Å². The minimum atomic E-state index is -0.325. The fourth-order valence-corrected chi connectivity index (χ4v) is 2.68. The van der Waals surface area contributed by atoms with Crippen molar-refractivity contribution in [1.82, 2.24) is 15.5 Å². The Balaban J connectivity index is 1.87. The number of hydrogen-bond acceptors (Lipinski definition) is 2. The minimum absolute atomic E-state index is 0.0674. The molecular formula is C17H24FN3O2. The molecule has 0 aromatic heterocycles. The first-order valence-electron chi connectivity index (χ1n) is 8.04. The summed E-state index contributed by atoms with van der Waals surface area (Å²) in [7, 11) is 0. The van der Waals surface area contributed by atoms with Crippen molar-refractivity contribution in [1.29, 1.82) is 0 Å². The Morgan fingerprint density at radius 2 is 2.09 bits per heavy atom. The summed E-state index contributed by atoms with van der Waals surface area (Å²) in [6, 6.07) is 6.32. The van der Waals surface area contributed by atoms with Crippen LogP contribution in [0.15, 0.2) is 24.3 Å². The van der Waals surface area contributed by atoms with Crippen molar-refractivity contribution >= 4 is 11.9 Å². The molecule has 1 aromatic carbocycles. The highest BCUT2D eigenvalue weighted by Crippen LogP contribution is 2.17. The molecular weight excluding hydrogens is 297 g/mol. The van der Waals surface area contributed by atoms with E-state index in [1.54, 1.807) is 23.1 Å². The lowest BCUT2D eigenvalue weighted by molar-refractivity contribution is -0.126. The third-order valence-electron chi connectivity index (χ3n) is 3.90. The van der Waals surface area contributed by atoms with Gasteiger partial charge in [0.05, 0.1) is 5.92 Å².